The monoisotopic (exact) mass is 166 g/mol. The first-order valence-electron chi connectivity index (χ1n) is 2.31. The fourth-order valence-electron chi connectivity index (χ4n) is 0.246. The van der Waals surface area contributed by atoms with Gasteiger partial charge in [-0.25, -0.2) is 0 Å². The Labute approximate surface area is 58.4 Å². The first kappa shape index (κ1) is 9.32. The van der Waals surface area contributed by atoms with Crippen molar-refractivity contribution in [2.24, 2.45) is 0 Å². The molecule has 9 heavy (non-hydrogen) atoms. The van der Waals surface area contributed by atoms with Crippen molar-refractivity contribution in [2.75, 3.05) is 10.8 Å². The molecule has 0 spiro atoms. The summed E-state index contributed by atoms with van der Waals surface area (Å²) >= 11 is -2.29. The summed E-state index contributed by atoms with van der Waals surface area (Å²) in [7, 11) is -2.58. The summed E-state index contributed by atoms with van der Waals surface area (Å²) in [5, 5.41) is -0.427. The molecular weight excluding hydrogens is 159 g/mol. The molecule has 0 aliphatic rings. The van der Waals surface area contributed by atoms with Gasteiger partial charge in [0, 0.05) is 0 Å². The predicted octanol–water partition coefficient (Wildman–Crippen LogP) is -0.789. The molecule has 0 aromatic rings. The van der Waals surface area contributed by atoms with Gasteiger partial charge in [0.25, 0.3) is 0 Å². The second kappa shape index (κ2) is 3.48. The molecule has 0 saturated heterocycles. The summed E-state index contributed by atoms with van der Waals surface area (Å²) in [5.74, 6) is 0.209. The topological polar surface area (TPSA) is 57.2 Å². The van der Waals surface area contributed by atoms with Crippen molar-refractivity contribution in [1.82, 2.24) is 0 Å². The minimum absolute atomic E-state index is 0.209. The maximum absolute atomic E-state index is 10.8. The Balaban J connectivity index is 4.06. The van der Waals surface area contributed by atoms with Gasteiger partial charge in [-0.15, -0.1) is 0 Å². The van der Waals surface area contributed by atoms with Crippen molar-refractivity contribution in [3.8, 4) is 0 Å². The van der Waals surface area contributed by atoms with E-state index in [4.69, 9.17) is 6.72 Å². The molecule has 3 nitrogen and oxygen atoms in total. The Hall–Kier alpha value is 0.325. The zero-order chi connectivity index (χ0) is 7.49. The second-order valence-electron chi connectivity index (χ2n) is 1.58. The normalized spacial score (nSPS) is 20.6. The van der Waals surface area contributed by atoms with E-state index in [2.05, 4.69) is 0 Å². The number of hydrogen-bond acceptors (Lipinski definition) is 3. The summed E-state index contributed by atoms with van der Waals surface area (Å²) in [6.07, 6.45) is 0. The first-order chi connectivity index (χ1) is 3.98. The van der Waals surface area contributed by atoms with E-state index in [1.165, 1.54) is 0 Å². The molecule has 0 aliphatic heterocycles. The van der Waals surface area contributed by atoms with E-state index < -0.39 is 25.5 Å². The summed E-state index contributed by atoms with van der Waals surface area (Å²) in [6, 6.07) is 0. The van der Waals surface area contributed by atoms with E-state index in [-0.39, 0.29) is 5.75 Å². The molecule has 2 unspecified atom stereocenters. The van der Waals surface area contributed by atoms with Crippen LogP contribution in [0.2, 0.25) is 0 Å². The van der Waals surface area contributed by atoms with Crippen LogP contribution in [0.4, 0.5) is 0 Å². The summed E-state index contributed by atoms with van der Waals surface area (Å²) < 4.78 is 30.6. The van der Waals surface area contributed by atoms with E-state index in [1.54, 1.807) is 6.92 Å². The average Bonchev–Trinajstić information content (AvgIpc) is 1.63. The molecular formula is C3H7BO3S2-. The third-order valence-corrected chi connectivity index (χ3v) is 4.13. The van der Waals surface area contributed by atoms with Crippen LogP contribution in [0.25, 0.3) is 0 Å². The van der Waals surface area contributed by atoms with Gasteiger partial charge in [-0.3, -0.25) is 0 Å². The number of hydrogen-bond donors (Lipinski definition) is 0. The van der Waals surface area contributed by atoms with Crippen molar-refractivity contribution < 1.29 is 13.0 Å². The average molecular weight is 166 g/mol. The molecule has 53 valence electrons. The molecule has 0 aromatic carbocycles. The van der Waals surface area contributed by atoms with Crippen LogP contribution in [0.15, 0.2) is 0 Å². The van der Waals surface area contributed by atoms with Crippen LogP contribution in [0.5, 0.6) is 0 Å². The van der Waals surface area contributed by atoms with Gasteiger partial charge in [0.05, 0.1) is 0 Å². The van der Waals surface area contributed by atoms with Gasteiger partial charge in [0.1, 0.15) is 0 Å². The second-order valence-corrected chi connectivity index (χ2v) is 5.45. The van der Waals surface area contributed by atoms with Gasteiger partial charge < -0.3 is 0 Å². The SMILES string of the molecule is [B]=S(=O)(CC)CS(=O)[O-]. The van der Waals surface area contributed by atoms with Crippen LogP contribution in [0.3, 0.4) is 0 Å². The van der Waals surface area contributed by atoms with Gasteiger partial charge in [-0.1, -0.05) is 0 Å². The van der Waals surface area contributed by atoms with Gasteiger partial charge in [-0.2, -0.15) is 0 Å². The fraction of sp³-hybridized carbons (Fsp3) is 1.00. The fourth-order valence-corrected chi connectivity index (χ4v) is 2.22. The molecule has 0 heterocycles. The Morgan fingerprint density at radius 3 is 2.33 bits per heavy atom. The van der Waals surface area contributed by atoms with Crippen molar-refractivity contribution in [3.05, 3.63) is 0 Å². The number of rotatable bonds is 3. The van der Waals surface area contributed by atoms with Crippen molar-refractivity contribution in [1.29, 1.82) is 0 Å². The zero-order valence-electron chi connectivity index (χ0n) is 5.03. The van der Waals surface area contributed by atoms with Gasteiger partial charge in [0.2, 0.25) is 0 Å². The van der Waals surface area contributed by atoms with Crippen LogP contribution in [-0.2, 0) is 20.4 Å². The molecule has 2 atom stereocenters. The molecule has 0 rings (SSSR count). The van der Waals surface area contributed by atoms with Crippen LogP contribution in [-0.4, -0.2) is 30.5 Å². The Morgan fingerprint density at radius 1 is 1.78 bits per heavy atom. The van der Waals surface area contributed by atoms with Crippen LogP contribution >= 0.6 is 0 Å². The van der Waals surface area contributed by atoms with Gasteiger partial charge in [0.15, 0.2) is 0 Å². The van der Waals surface area contributed by atoms with Gasteiger partial charge >= 0.3 is 57.9 Å². The first-order valence-corrected chi connectivity index (χ1v) is 5.51. The Morgan fingerprint density at radius 2 is 2.22 bits per heavy atom. The Kier molecular flexibility index (Phi) is 3.61. The minimum atomic E-state index is -2.58. The molecule has 0 bridgehead atoms. The summed E-state index contributed by atoms with van der Waals surface area (Å²) in [4.78, 5) is 0. The maximum atomic E-state index is 10.8. The van der Waals surface area contributed by atoms with E-state index >= 15 is 0 Å². The van der Waals surface area contributed by atoms with E-state index in [1.807, 2.05) is 0 Å². The van der Waals surface area contributed by atoms with Gasteiger partial charge in [-0.05, 0) is 0 Å². The quantitative estimate of drug-likeness (QED) is 0.407. The van der Waals surface area contributed by atoms with Crippen molar-refractivity contribution >= 4 is 27.2 Å². The molecule has 0 aromatic heterocycles. The molecule has 0 N–H and O–H groups in total. The van der Waals surface area contributed by atoms with Crippen LogP contribution < -0.4 is 0 Å². The molecule has 0 amide bonds. The standard InChI is InChI=1S/C3H8BO3S2/c1-2-9(4,7)3-8(5)6/h2-3H2,1H3,(H,5,6)/p-1. The third kappa shape index (κ3) is 4.81. The van der Waals surface area contributed by atoms with Crippen LogP contribution in [0.1, 0.15) is 6.92 Å². The predicted molar refractivity (Wildman–Crippen MR) is 38.2 cm³/mol. The van der Waals surface area contributed by atoms with Crippen LogP contribution in [0, 0.1) is 0 Å². The van der Waals surface area contributed by atoms with Crippen molar-refractivity contribution in [2.45, 2.75) is 6.92 Å². The van der Waals surface area contributed by atoms with E-state index in [0.29, 0.717) is 0 Å². The third-order valence-electron chi connectivity index (χ3n) is 0.784. The molecule has 0 fully saturated rings. The molecule has 6 heteroatoms. The van der Waals surface area contributed by atoms with E-state index in [9.17, 15) is 13.0 Å². The molecule has 0 saturated carbocycles. The van der Waals surface area contributed by atoms with Crippen molar-refractivity contribution in [3.63, 3.8) is 0 Å². The van der Waals surface area contributed by atoms with E-state index in [0.717, 1.165) is 0 Å². The Bertz CT molecular complexity index is 195. The summed E-state index contributed by atoms with van der Waals surface area (Å²) in [5.41, 5.74) is 0. The zero-order valence-corrected chi connectivity index (χ0v) is 6.67. The molecule has 0 aliphatic carbocycles. The molecule has 1 radical (unpaired) electrons. The summed E-state index contributed by atoms with van der Waals surface area (Å²) in [6.45, 7) is 6.64.